The van der Waals surface area contributed by atoms with E-state index >= 15 is 0 Å². The average Bonchev–Trinajstić information content (AvgIpc) is 2.53. The molecule has 2 aromatic rings. The zero-order valence-corrected chi connectivity index (χ0v) is 12.2. The van der Waals surface area contributed by atoms with Crippen LogP contribution in [0.3, 0.4) is 0 Å². The summed E-state index contributed by atoms with van der Waals surface area (Å²) in [5, 5.41) is 0. The maximum atomic E-state index is 11.6. The number of anilines is 3. The lowest BCUT2D eigenvalue weighted by Crippen LogP contribution is -2.16. The zero-order valence-electron chi connectivity index (χ0n) is 12.2. The first-order valence-electron chi connectivity index (χ1n) is 6.30. The van der Waals surface area contributed by atoms with Crippen molar-refractivity contribution in [2.45, 2.75) is 0 Å². The molecule has 0 saturated carbocycles. The monoisotopic (exact) mass is 287 g/mol. The lowest BCUT2D eigenvalue weighted by Gasteiger charge is -2.22. The van der Waals surface area contributed by atoms with Crippen LogP contribution in [0.25, 0.3) is 0 Å². The molecule has 2 rings (SSSR count). The molecule has 0 aliphatic rings. The van der Waals surface area contributed by atoms with E-state index in [4.69, 9.17) is 10.5 Å². The second-order valence-corrected chi connectivity index (χ2v) is 4.33. The van der Waals surface area contributed by atoms with Gasteiger partial charge in [-0.15, -0.1) is 0 Å². The Morgan fingerprint density at radius 3 is 2.57 bits per heavy atom. The molecule has 0 bridgehead atoms. The molecule has 0 aliphatic carbocycles. The third-order valence-corrected chi connectivity index (χ3v) is 3.06. The number of rotatable bonds is 4. The third-order valence-electron chi connectivity index (χ3n) is 3.06. The number of ether oxygens (including phenoxy) is 2. The summed E-state index contributed by atoms with van der Waals surface area (Å²) in [5.41, 5.74) is 7.41. The van der Waals surface area contributed by atoms with Crippen LogP contribution in [-0.2, 0) is 4.74 Å². The first-order valence-corrected chi connectivity index (χ1v) is 6.30. The first-order chi connectivity index (χ1) is 10.1. The molecule has 0 aliphatic heterocycles. The van der Waals surface area contributed by atoms with Crippen molar-refractivity contribution in [1.82, 2.24) is 4.98 Å². The van der Waals surface area contributed by atoms with Gasteiger partial charge in [-0.1, -0.05) is 12.1 Å². The number of hydrogen-bond donors (Lipinski definition) is 1. The molecule has 0 amide bonds. The number of methoxy groups -OCH3 is 2. The van der Waals surface area contributed by atoms with Gasteiger partial charge in [0.1, 0.15) is 5.75 Å². The summed E-state index contributed by atoms with van der Waals surface area (Å²) in [6, 6.07) is 10.6. The van der Waals surface area contributed by atoms with Crippen LogP contribution < -0.4 is 15.4 Å². The Labute approximate surface area is 123 Å². The minimum atomic E-state index is -0.510. The average molecular weight is 287 g/mol. The Morgan fingerprint density at radius 2 is 1.90 bits per heavy atom. The van der Waals surface area contributed by atoms with E-state index in [1.54, 1.807) is 25.1 Å². The molecular formula is C15H17N3O3. The van der Waals surface area contributed by atoms with E-state index in [2.05, 4.69) is 9.72 Å². The van der Waals surface area contributed by atoms with Gasteiger partial charge in [-0.3, -0.25) is 0 Å². The Kier molecular flexibility index (Phi) is 4.27. The molecule has 1 aromatic carbocycles. The van der Waals surface area contributed by atoms with Gasteiger partial charge in [-0.05, 0) is 24.3 Å². The molecule has 110 valence electrons. The summed E-state index contributed by atoms with van der Waals surface area (Å²) >= 11 is 0. The van der Waals surface area contributed by atoms with Gasteiger partial charge in [-0.25, -0.2) is 9.78 Å². The summed E-state index contributed by atoms with van der Waals surface area (Å²) in [6.07, 6.45) is 0. The Morgan fingerprint density at radius 1 is 1.19 bits per heavy atom. The lowest BCUT2D eigenvalue weighted by molar-refractivity contribution is 0.0594. The minimum Gasteiger partial charge on any atom is -0.495 e. The summed E-state index contributed by atoms with van der Waals surface area (Å²) in [7, 11) is 4.70. The topological polar surface area (TPSA) is 77.7 Å². The normalized spacial score (nSPS) is 10.0. The highest BCUT2D eigenvalue weighted by molar-refractivity contribution is 5.89. The first kappa shape index (κ1) is 14.6. The van der Waals surface area contributed by atoms with Crippen LogP contribution >= 0.6 is 0 Å². The highest BCUT2D eigenvalue weighted by atomic mass is 16.5. The number of aromatic nitrogens is 1. The fourth-order valence-corrected chi connectivity index (χ4v) is 1.97. The predicted octanol–water partition coefficient (Wildman–Crippen LogP) is 2.23. The summed E-state index contributed by atoms with van der Waals surface area (Å²) in [5.74, 6) is 0.636. The molecule has 0 saturated heterocycles. The van der Waals surface area contributed by atoms with Crippen molar-refractivity contribution < 1.29 is 14.3 Å². The maximum absolute atomic E-state index is 11.6. The number of hydrogen-bond acceptors (Lipinski definition) is 6. The molecule has 21 heavy (non-hydrogen) atoms. The third kappa shape index (κ3) is 2.89. The summed E-state index contributed by atoms with van der Waals surface area (Å²) in [6.45, 7) is 0. The van der Waals surface area contributed by atoms with Gasteiger partial charge in [-0.2, -0.15) is 0 Å². The smallest absolute Gasteiger partial charge is 0.356 e. The summed E-state index contributed by atoms with van der Waals surface area (Å²) < 4.78 is 10.0. The number of pyridine rings is 1. The van der Waals surface area contributed by atoms with E-state index in [1.807, 2.05) is 24.3 Å². The Bertz CT molecular complexity index is 658. The second-order valence-electron chi connectivity index (χ2n) is 4.33. The highest BCUT2D eigenvalue weighted by Crippen LogP contribution is 2.33. The van der Waals surface area contributed by atoms with Gasteiger partial charge >= 0.3 is 5.97 Å². The Balaban J connectivity index is 2.47. The molecule has 0 radical (unpaired) electrons. The van der Waals surface area contributed by atoms with E-state index in [0.29, 0.717) is 17.3 Å². The molecule has 0 spiro atoms. The number of benzene rings is 1. The van der Waals surface area contributed by atoms with E-state index in [-0.39, 0.29) is 5.69 Å². The van der Waals surface area contributed by atoms with Gasteiger partial charge < -0.3 is 20.1 Å². The van der Waals surface area contributed by atoms with Crippen LogP contribution in [0.1, 0.15) is 10.5 Å². The number of carbonyl (C=O) groups is 1. The SMILES string of the molecule is COC(=O)c1ccc(N)c(N(C)c2ccccc2OC)n1. The van der Waals surface area contributed by atoms with Crippen LogP contribution in [0.15, 0.2) is 36.4 Å². The van der Waals surface area contributed by atoms with Gasteiger partial charge in [0.25, 0.3) is 0 Å². The number of para-hydroxylation sites is 2. The maximum Gasteiger partial charge on any atom is 0.356 e. The van der Waals surface area contributed by atoms with Crippen LogP contribution in [0.2, 0.25) is 0 Å². The van der Waals surface area contributed by atoms with Crippen molar-refractivity contribution in [3.05, 3.63) is 42.1 Å². The minimum absolute atomic E-state index is 0.198. The van der Waals surface area contributed by atoms with E-state index in [0.717, 1.165) is 5.69 Å². The number of nitrogens with two attached hydrogens (primary N) is 1. The fourth-order valence-electron chi connectivity index (χ4n) is 1.97. The van der Waals surface area contributed by atoms with Gasteiger partial charge in [0.15, 0.2) is 11.5 Å². The number of esters is 1. The Hall–Kier alpha value is -2.76. The van der Waals surface area contributed by atoms with E-state index in [1.165, 1.54) is 13.2 Å². The van der Waals surface area contributed by atoms with Crippen molar-refractivity contribution in [2.24, 2.45) is 0 Å². The number of nitrogens with zero attached hydrogens (tertiary/aromatic N) is 2. The van der Waals surface area contributed by atoms with Crippen molar-refractivity contribution in [1.29, 1.82) is 0 Å². The molecule has 1 aromatic heterocycles. The van der Waals surface area contributed by atoms with Crippen molar-refractivity contribution in [3.8, 4) is 5.75 Å². The number of nitrogen functional groups attached to an aromatic ring is 1. The molecule has 0 atom stereocenters. The van der Waals surface area contributed by atoms with Crippen molar-refractivity contribution in [2.75, 3.05) is 31.9 Å². The molecular weight excluding hydrogens is 270 g/mol. The van der Waals surface area contributed by atoms with Gasteiger partial charge in [0, 0.05) is 7.05 Å². The van der Waals surface area contributed by atoms with Gasteiger partial charge in [0.05, 0.1) is 25.6 Å². The molecule has 2 N–H and O–H groups in total. The van der Waals surface area contributed by atoms with Crippen LogP contribution in [0, 0.1) is 0 Å². The van der Waals surface area contributed by atoms with Crippen molar-refractivity contribution >= 4 is 23.2 Å². The van der Waals surface area contributed by atoms with Crippen LogP contribution in [0.4, 0.5) is 17.2 Å². The molecule has 6 nitrogen and oxygen atoms in total. The standard InChI is InChI=1S/C15H17N3O3/c1-18(12-6-4-5-7-13(12)20-2)14-10(16)8-9-11(17-14)15(19)21-3/h4-9H,16H2,1-3H3. The molecule has 0 unspecified atom stereocenters. The van der Waals surface area contributed by atoms with Crippen LogP contribution in [-0.4, -0.2) is 32.2 Å². The van der Waals surface area contributed by atoms with Gasteiger partial charge in [0.2, 0.25) is 0 Å². The predicted molar refractivity (Wildman–Crippen MR) is 81.0 cm³/mol. The quantitative estimate of drug-likeness (QED) is 0.869. The summed E-state index contributed by atoms with van der Waals surface area (Å²) in [4.78, 5) is 17.6. The largest absolute Gasteiger partial charge is 0.495 e. The molecule has 1 heterocycles. The molecule has 0 fully saturated rings. The number of carbonyl (C=O) groups excluding carboxylic acids is 1. The van der Waals surface area contributed by atoms with Crippen LogP contribution in [0.5, 0.6) is 5.75 Å². The van der Waals surface area contributed by atoms with E-state index < -0.39 is 5.97 Å². The second kappa shape index (κ2) is 6.13. The fraction of sp³-hybridized carbons (Fsp3) is 0.200. The highest BCUT2D eigenvalue weighted by Gasteiger charge is 2.16. The van der Waals surface area contributed by atoms with E-state index in [9.17, 15) is 4.79 Å². The molecule has 6 heteroatoms. The zero-order chi connectivity index (χ0) is 15.4. The lowest BCUT2D eigenvalue weighted by atomic mass is 10.2. The van der Waals surface area contributed by atoms with Crippen molar-refractivity contribution in [3.63, 3.8) is 0 Å².